The highest BCUT2D eigenvalue weighted by molar-refractivity contribution is 5.35. The largest absolute Gasteiger partial charge is 0.232 e. The molecule has 15 heavy (non-hydrogen) atoms. The molecule has 0 amide bonds. The molecule has 0 aromatic rings. The lowest BCUT2D eigenvalue weighted by Crippen LogP contribution is -2.25. The van der Waals surface area contributed by atoms with Gasteiger partial charge in [0.2, 0.25) is 10.8 Å². The van der Waals surface area contributed by atoms with Gasteiger partial charge in [0.1, 0.15) is 36.4 Å². The highest BCUT2D eigenvalue weighted by atomic mass is 14.5. The Balaban J connectivity index is 5.44. The Labute approximate surface area is 86.0 Å². The van der Waals surface area contributed by atoms with E-state index in [0.29, 0.717) is 0 Å². The van der Waals surface area contributed by atoms with Crippen LogP contribution in [-0.4, -0.2) is 0 Å². The first-order chi connectivity index (χ1) is 7.07. The first kappa shape index (κ1) is 11.9. The molecule has 0 N–H and O–H groups in total. The summed E-state index contributed by atoms with van der Waals surface area (Å²) in [5.74, 6) is 0. The summed E-state index contributed by atoms with van der Waals surface area (Å²) in [5.41, 5.74) is -4.28. The van der Waals surface area contributed by atoms with Crippen LogP contribution in [0.1, 0.15) is 6.42 Å². The van der Waals surface area contributed by atoms with E-state index in [9.17, 15) is 0 Å². The topological polar surface area (TPSA) is 143 Å². The van der Waals surface area contributed by atoms with Gasteiger partial charge in [0.15, 0.2) is 0 Å². The summed E-state index contributed by atoms with van der Waals surface area (Å²) < 4.78 is 0. The highest BCUT2D eigenvalue weighted by Crippen LogP contribution is 2.32. The summed E-state index contributed by atoms with van der Waals surface area (Å²) in [7, 11) is 0. The SMILES string of the molecule is N#CC(C#N)(C#N)CC(C#N)(C#N)C#N. The van der Waals surface area contributed by atoms with Gasteiger partial charge in [-0.15, -0.1) is 0 Å². The molecule has 0 spiro atoms. The summed E-state index contributed by atoms with van der Waals surface area (Å²) in [4.78, 5) is 0. The van der Waals surface area contributed by atoms with Gasteiger partial charge in [0.05, 0.1) is 0 Å². The maximum atomic E-state index is 8.60. The van der Waals surface area contributed by atoms with Crippen molar-refractivity contribution in [1.29, 1.82) is 31.6 Å². The summed E-state index contributed by atoms with van der Waals surface area (Å²) in [6.07, 6.45) is -0.729. The predicted octanol–water partition coefficient (Wildman–Crippen LogP) is 0.491. The van der Waals surface area contributed by atoms with Crippen molar-refractivity contribution in [2.45, 2.75) is 6.42 Å². The molecule has 0 aliphatic rings. The van der Waals surface area contributed by atoms with Gasteiger partial charge in [-0.25, -0.2) is 0 Å². The number of hydrogen-bond donors (Lipinski definition) is 0. The van der Waals surface area contributed by atoms with Crippen LogP contribution in [0.2, 0.25) is 0 Å². The average Bonchev–Trinajstić information content (AvgIpc) is 2.33. The molecular weight excluding hydrogens is 192 g/mol. The fourth-order valence-corrected chi connectivity index (χ4v) is 0.785. The molecule has 0 aliphatic heterocycles. The van der Waals surface area contributed by atoms with E-state index in [-0.39, 0.29) is 0 Å². The molecule has 0 unspecified atom stereocenters. The Hall–Kier alpha value is -3.06. The minimum atomic E-state index is -2.14. The van der Waals surface area contributed by atoms with Crippen LogP contribution in [0, 0.1) is 78.8 Å². The zero-order valence-electron chi connectivity index (χ0n) is 7.39. The molecule has 0 atom stereocenters. The Morgan fingerprint density at radius 1 is 0.533 bits per heavy atom. The lowest BCUT2D eigenvalue weighted by molar-refractivity contribution is 0.486. The minimum Gasteiger partial charge on any atom is -0.195 e. The molecule has 0 aliphatic carbocycles. The summed E-state index contributed by atoms with van der Waals surface area (Å²) in [6.45, 7) is 0. The third-order valence-corrected chi connectivity index (χ3v) is 1.68. The van der Waals surface area contributed by atoms with Gasteiger partial charge >= 0.3 is 0 Å². The molecule has 0 saturated heterocycles. The third-order valence-electron chi connectivity index (χ3n) is 1.68. The van der Waals surface area contributed by atoms with Crippen molar-refractivity contribution in [2.24, 2.45) is 10.8 Å². The van der Waals surface area contributed by atoms with Crippen molar-refractivity contribution in [3.63, 3.8) is 0 Å². The van der Waals surface area contributed by atoms with Crippen LogP contribution < -0.4 is 0 Å². The predicted molar refractivity (Wildman–Crippen MR) is 43.2 cm³/mol. The Morgan fingerprint density at radius 3 is 0.867 bits per heavy atom. The van der Waals surface area contributed by atoms with Crippen molar-refractivity contribution in [3.05, 3.63) is 0 Å². The molecule has 6 nitrogen and oxygen atoms in total. The normalized spacial score (nSPS) is 9.20. The lowest BCUT2D eigenvalue weighted by Gasteiger charge is -2.14. The van der Waals surface area contributed by atoms with Crippen molar-refractivity contribution in [1.82, 2.24) is 0 Å². The molecule has 0 rings (SSSR count). The molecule has 0 radical (unpaired) electrons. The van der Waals surface area contributed by atoms with Gasteiger partial charge in [-0.1, -0.05) is 0 Å². The number of hydrogen-bond acceptors (Lipinski definition) is 6. The molecular formula is C9H2N6. The molecule has 0 bridgehead atoms. The molecule has 0 saturated carbocycles. The van der Waals surface area contributed by atoms with E-state index in [0.717, 1.165) is 0 Å². The van der Waals surface area contributed by atoms with E-state index in [4.69, 9.17) is 31.6 Å². The fourth-order valence-electron chi connectivity index (χ4n) is 0.785. The zero-order chi connectivity index (χ0) is 11.9. The maximum absolute atomic E-state index is 8.60. The Kier molecular flexibility index (Phi) is 3.39. The zero-order valence-corrected chi connectivity index (χ0v) is 7.39. The van der Waals surface area contributed by atoms with Crippen molar-refractivity contribution >= 4 is 0 Å². The van der Waals surface area contributed by atoms with Gasteiger partial charge in [-0.05, 0) is 0 Å². The van der Waals surface area contributed by atoms with Crippen LogP contribution in [0.5, 0.6) is 0 Å². The second-order valence-electron chi connectivity index (χ2n) is 2.66. The van der Waals surface area contributed by atoms with Gasteiger partial charge in [-0.3, -0.25) is 0 Å². The van der Waals surface area contributed by atoms with Crippen LogP contribution in [-0.2, 0) is 0 Å². The van der Waals surface area contributed by atoms with Crippen LogP contribution in [0.3, 0.4) is 0 Å². The minimum absolute atomic E-state index is 0.729. The van der Waals surface area contributed by atoms with Crippen molar-refractivity contribution < 1.29 is 0 Å². The third kappa shape index (κ3) is 1.99. The number of rotatable bonds is 2. The summed E-state index contributed by atoms with van der Waals surface area (Å²) >= 11 is 0. The van der Waals surface area contributed by atoms with Crippen LogP contribution in [0.25, 0.3) is 0 Å². The first-order valence-corrected chi connectivity index (χ1v) is 3.55. The number of nitriles is 6. The van der Waals surface area contributed by atoms with Crippen LogP contribution in [0.15, 0.2) is 0 Å². The van der Waals surface area contributed by atoms with E-state index < -0.39 is 17.3 Å². The highest BCUT2D eigenvalue weighted by Gasteiger charge is 2.44. The summed E-state index contributed by atoms with van der Waals surface area (Å²) in [6, 6.07) is 8.39. The number of nitrogens with zero attached hydrogens (tertiary/aromatic N) is 6. The van der Waals surface area contributed by atoms with Gasteiger partial charge in [-0.2, -0.15) is 31.6 Å². The van der Waals surface area contributed by atoms with Crippen LogP contribution in [0.4, 0.5) is 0 Å². The van der Waals surface area contributed by atoms with Gasteiger partial charge < -0.3 is 0 Å². The average molecular weight is 194 g/mol. The van der Waals surface area contributed by atoms with Crippen molar-refractivity contribution in [3.8, 4) is 36.4 Å². The summed E-state index contributed by atoms with van der Waals surface area (Å²) in [5, 5.41) is 51.6. The molecule has 6 heteroatoms. The van der Waals surface area contributed by atoms with Crippen LogP contribution >= 0.6 is 0 Å². The first-order valence-electron chi connectivity index (χ1n) is 3.55. The monoisotopic (exact) mass is 194 g/mol. The quantitative estimate of drug-likeness (QED) is 0.625. The van der Waals surface area contributed by atoms with E-state index in [1.54, 1.807) is 0 Å². The lowest BCUT2D eigenvalue weighted by atomic mass is 9.75. The van der Waals surface area contributed by atoms with Crippen molar-refractivity contribution in [2.75, 3.05) is 0 Å². The second kappa shape index (κ2) is 4.25. The molecule has 68 valence electrons. The Morgan fingerprint density at radius 2 is 0.733 bits per heavy atom. The van der Waals surface area contributed by atoms with E-state index in [1.165, 1.54) is 36.4 Å². The molecule has 0 aromatic carbocycles. The Bertz CT molecular complexity index is 384. The smallest absolute Gasteiger partial charge is 0.195 e. The standard InChI is InChI=1S/C9H2N6/c10-2-8(3-11,4-12)1-9(5-13,6-14)7-15/h1H2. The fraction of sp³-hybridized carbons (Fsp3) is 0.333. The molecule has 0 heterocycles. The van der Waals surface area contributed by atoms with Gasteiger partial charge in [0.25, 0.3) is 0 Å². The van der Waals surface area contributed by atoms with Gasteiger partial charge in [0, 0.05) is 6.42 Å². The van der Waals surface area contributed by atoms with E-state index >= 15 is 0 Å². The molecule has 0 aromatic heterocycles. The van der Waals surface area contributed by atoms with E-state index in [1.807, 2.05) is 0 Å². The molecule has 0 fully saturated rings. The second-order valence-corrected chi connectivity index (χ2v) is 2.66. The maximum Gasteiger partial charge on any atom is 0.232 e. The van der Waals surface area contributed by atoms with E-state index in [2.05, 4.69) is 0 Å².